The highest BCUT2D eigenvalue weighted by molar-refractivity contribution is 6.54. The monoisotopic (exact) mass is 564 g/mol. The highest BCUT2D eigenvalue weighted by atomic mass is 35.5. The highest BCUT2D eigenvalue weighted by Crippen LogP contribution is 2.38. The first-order chi connectivity index (χ1) is 17.5. The van der Waals surface area contributed by atoms with E-state index in [1.54, 1.807) is 55.6 Å². The molecule has 0 atom stereocenters. The molecule has 0 saturated carbocycles. The zero-order valence-electron chi connectivity index (χ0n) is 20.4. The van der Waals surface area contributed by atoms with Crippen LogP contribution in [-0.2, 0) is 16.8 Å². The minimum absolute atomic E-state index is 0.130. The van der Waals surface area contributed by atoms with E-state index in [-0.39, 0.29) is 12.3 Å². The minimum Gasteiger partial charge on any atom is -0.496 e. The molecule has 1 amide bonds. The van der Waals surface area contributed by atoms with Crippen LogP contribution in [0.4, 0.5) is 5.69 Å². The van der Waals surface area contributed by atoms with Crippen molar-refractivity contribution in [1.29, 1.82) is 0 Å². The summed E-state index contributed by atoms with van der Waals surface area (Å²) in [4.78, 5) is 24.8. The number of methoxy groups -OCH3 is 1. The van der Waals surface area contributed by atoms with Gasteiger partial charge in [0.2, 0.25) is 0 Å². The van der Waals surface area contributed by atoms with Crippen LogP contribution in [0.5, 0.6) is 5.75 Å². The van der Waals surface area contributed by atoms with Crippen LogP contribution in [0.15, 0.2) is 66.7 Å². The topological polar surface area (TPSA) is 98.9 Å². The minimum atomic E-state index is -1.36. The number of benzene rings is 2. The summed E-state index contributed by atoms with van der Waals surface area (Å²) < 4.78 is 21.5. The summed E-state index contributed by atoms with van der Waals surface area (Å²) in [5, 5.41) is 4.61. The fourth-order valence-corrected chi connectivity index (χ4v) is 4.32. The van der Waals surface area contributed by atoms with Crippen LogP contribution in [0.3, 0.4) is 0 Å². The summed E-state index contributed by atoms with van der Waals surface area (Å²) in [6.45, 7) is 5.45. The highest BCUT2D eigenvalue weighted by Gasteiger charge is 2.30. The average Bonchev–Trinajstić information content (AvgIpc) is 3.48. The molecule has 0 bridgehead atoms. The number of carbonyl (C=O) groups is 1. The van der Waals surface area contributed by atoms with Crippen molar-refractivity contribution in [1.82, 2.24) is 5.16 Å². The Balaban J connectivity index is 1.73. The van der Waals surface area contributed by atoms with Gasteiger partial charge >= 0.3 is 5.82 Å². The van der Waals surface area contributed by atoms with Crippen molar-refractivity contribution >= 4 is 46.4 Å². The van der Waals surface area contributed by atoms with E-state index in [1.807, 2.05) is 20.8 Å². The van der Waals surface area contributed by atoms with E-state index < -0.39 is 22.0 Å². The molecule has 194 valence electrons. The summed E-state index contributed by atoms with van der Waals surface area (Å²) in [6.07, 6.45) is 0. The summed E-state index contributed by atoms with van der Waals surface area (Å²) in [7, 11) is 1.54. The Hall–Kier alpha value is -3.20. The smallest absolute Gasteiger partial charge is 0.496 e. The van der Waals surface area contributed by atoms with Gasteiger partial charge < -0.3 is 23.0 Å². The number of rotatable bonds is 7. The molecule has 4 rings (SSSR count). The average molecular weight is 566 g/mol. The first-order valence-electron chi connectivity index (χ1n) is 11.1. The lowest BCUT2D eigenvalue weighted by molar-refractivity contribution is -0.117. The number of ether oxygens (including phenoxy) is 1. The van der Waals surface area contributed by atoms with E-state index in [4.69, 9.17) is 52.9 Å². The van der Waals surface area contributed by atoms with E-state index >= 15 is 0 Å². The van der Waals surface area contributed by atoms with Crippen LogP contribution in [-0.4, -0.2) is 23.0 Å². The number of hydrogen-bond acceptors (Lipinski definition) is 7. The van der Waals surface area contributed by atoms with Crippen molar-refractivity contribution in [3.63, 3.8) is 0 Å². The Kier molecular flexibility index (Phi) is 7.73. The molecule has 0 fully saturated rings. The maximum atomic E-state index is 13.0. The molecular weight excluding hydrogens is 543 g/mol. The van der Waals surface area contributed by atoms with Gasteiger partial charge in [0.05, 0.1) is 24.2 Å². The maximum Gasteiger partial charge on any atom is 0.519 e. The van der Waals surface area contributed by atoms with Crippen molar-refractivity contribution in [2.75, 3.05) is 12.0 Å². The maximum absolute atomic E-state index is 13.0. The molecule has 0 radical (unpaired) electrons. The SMILES string of the molecule is COc1cccc(Cl)c1-c1cc(-c2cccc(N(Cc3oc(=O)oc3C(C)(C)C)C(=O)C(Cl)Cl)c2)on1. The first-order valence-corrected chi connectivity index (χ1v) is 12.4. The molecule has 2 heterocycles. The Morgan fingerprint density at radius 3 is 2.51 bits per heavy atom. The standard InChI is InChI=1S/C26H23Cl3N2O6/c1-26(2,3)22-20(35-25(33)36-22)13-31(24(32)23(28)29)15-8-5-7-14(11-15)19-12-17(30-37-19)21-16(27)9-6-10-18(21)34-4/h5-12,23H,13H2,1-4H3. The molecule has 2 aromatic heterocycles. The summed E-state index contributed by atoms with van der Waals surface area (Å²) in [5.74, 6) is 0.00895. The molecule has 0 spiro atoms. The van der Waals surface area contributed by atoms with Crippen molar-refractivity contribution in [2.45, 2.75) is 37.6 Å². The fraction of sp³-hybridized carbons (Fsp3) is 0.269. The van der Waals surface area contributed by atoms with Crippen molar-refractivity contribution in [2.24, 2.45) is 0 Å². The molecule has 11 heteroatoms. The second kappa shape index (κ2) is 10.7. The lowest BCUT2D eigenvalue weighted by Crippen LogP contribution is -2.35. The number of nitrogens with zero attached hydrogens (tertiary/aromatic N) is 2. The number of alkyl halides is 2. The van der Waals surface area contributed by atoms with E-state index in [2.05, 4.69) is 5.16 Å². The quantitative estimate of drug-likeness (QED) is 0.226. The van der Waals surface area contributed by atoms with Crippen molar-refractivity contribution in [3.8, 4) is 28.3 Å². The van der Waals surface area contributed by atoms with Crippen LogP contribution in [0.1, 0.15) is 32.3 Å². The van der Waals surface area contributed by atoms with Crippen LogP contribution in [0.25, 0.3) is 22.6 Å². The second-order valence-electron chi connectivity index (χ2n) is 9.13. The molecule has 2 aromatic carbocycles. The van der Waals surface area contributed by atoms with Gasteiger partial charge in [0.15, 0.2) is 22.1 Å². The van der Waals surface area contributed by atoms with Gasteiger partial charge in [-0.25, -0.2) is 4.79 Å². The van der Waals surface area contributed by atoms with Gasteiger partial charge in [0.1, 0.15) is 11.4 Å². The Morgan fingerprint density at radius 2 is 1.84 bits per heavy atom. The van der Waals surface area contributed by atoms with Crippen LogP contribution in [0, 0.1) is 0 Å². The lowest BCUT2D eigenvalue weighted by Gasteiger charge is -2.24. The first kappa shape index (κ1) is 26.9. The molecule has 0 aliphatic rings. The number of hydrogen-bond donors (Lipinski definition) is 0. The summed E-state index contributed by atoms with van der Waals surface area (Å²) >= 11 is 18.3. The number of halogens is 3. The largest absolute Gasteiger partial charge is 0.519 e. The number of anilines is 1. The van der Waals surface area contributed by atoms with Gasteiger partial charge in [-0.3, -0.25) is 4.79 Å². The van der Waals surface area contributed by atoms with Crippen LogP contribution < -0.4 is 15.5 Å². The molecule has 0 unspecified atom stereocenters. The van der Waals surface area contributed by atoms with Gasteiger partial charge in [0.25, 0.3) is 5.91 Å². The third-order valence-corrected chi connectivity index (χ3v) is 6.17. The van der Waals surface area contributed by atoms with E-state index in [1.165, 1.54) is 4.90 Å². The lowest BCUT2D eigenvalue weighted by atomic mass is 9.92. The molecule has 4 aromatic rings. The predicted octanol–water partition coefficient (Wildman–Crippen LogP) is 6.85. The molecular formula is C26H23Cl3N2O6. The van der Waals surface area contributed by atoms with E-state index in [0.717, 1.165) is 0 Å². The van der Waals surface area contributed by atoms with Gasteiger partial charge in [-0.1, -0.05) is 78.9 Å². The van der Waals surface area contributed by atoms with Crippen molar-refractivity contribution in [3.05, 3.63) is 75.7 Å². The van der Waals surface area contributed by atoms with Crippen LogP contribution >= 0.6 is 34.8 Å². The number of amides is 1. The zero-order valence-corrected chi connectivity index (χ0v) is 22.6. The Morgan fingerprint density at radius 1 is 1.11 bits per heavy atom. The molecule has 8 nitrogen and oxygen atoms in total. The molecule has 0 saturated heterocycles. The van der Waals surface area contributed by atoms with E-state index in [9.17, 15) is 9.59 Å². The number of carbonyl (C=O) groups excluding carboxylic acids is 1. The third kappa shape index (κ3) is 5.71. The third-order valence-electron chi connectivity index (χ3n) is 5.48. The van der Waals surface area contributed by atoms with Crippen LogP contribution in [0.2, 0.25) is 5.02 Å². The zero-order chi connectivity index (χ0) is 26.9. The van der Waals surface area contributed by atoms with E-state index in [0.29, 0.717) is 44.8 Å². The van der Waals surface area contributed by atoms with Crippen molar-refractivity contribution < 1.29 is 22.9 Å². The summed E-state index contributed by atoms with van der Waals surface area (Å²) in [5.41, 5.74) is 1.57. The summed E-state index contributed by atoms with van der Waals surface area (Å²) in [6, 6.07) is 13.9. The number of aromatic nitrogens is 1. The van der Waals surface area contributed by atoms with Gasteiger partial charge in [-0.15, -0.1) is 0 Å². The van der Waals surface area contributed by atoms with Gasteiger partial charge in [0, 0.05) is 22.7 Å². The molecule has 0 aliphatic heterocycles. The second-order valence-corrected chi connectivity index (χ2v) is 10.6. The molecule has 37 heavy (non-hydrogen) atoms. The van der Waals surface area contributed by atoms with Gasteiger partial charge in [-0.05, 0) is 24.3 Å². The van der Waals surface area contributed by atoms with Gasteiger partial charge in [-0.2, -0.15) is 0 Å². The Bertz CT molecular complexity index is 1480. The Labute approximate surface area is 227 Å². The fourth-order valence-electron chi connectivity index (χ4n) is 3.82. The molecule has 0 N–H and O–H groups in total. The molecule has 0 aliphatic carbocycles. The normalized spacial score (nSPS) is 11.7. The predicted molar refractivity (Wildman–Crippen MR) is 142 cm³/mol.